The van der Waals surface area contributed by atoms with Crippen LogP contribution in [0.3, 0.4) is 0 Å². The minimum Gasteiger partial charge on any atom is -0.489 e. The number of benzene rings is 2. The Bertz CT molecular complexity index is 981. The molecule has 2 aromatic carbocycles. The van der Waals surface area contributed by atoms with Gasteiger partial charge in [0.25, 0.3) is 0 Å². The maximum absolute atomic E-state index is 13.3. The van der Waals surface area contributed by atoms with E-state index in [1.165, 1.54) is 19.3 Å². The predicted octanol–water partition coefficient (Wildman–Crippen LogP) is 5.71. The van der Waals surface area contributed by atoms with Crippen LogP contribution in [0.4, 0.5) is 0 Å². The van der Waals surface area contributed by atoms with Crippen LogP contribution in [0.1, 0.15) is 63.5 Å². The van der Waals surface area contributed by atoms with Crippen molar-refractivity contribution in [3.8, 4) is 5.75 Å². The summed E-state index contributed by atoms with van der Waals surface area (Å²) < 4.78 is 5.90. The molecule has 31 heavy (non-hydrogen) atoms. The summed E-state index contributed by atoms with van der Waals surface area (Å²) in [6.07, 6.45) is 8.64. The van der Waals surface area contributed by atoms with Gasteiger partial charge in [0.15, 0.2) is 0 Å². The average Bonchev–Trinajstić information content (AvgIpc) is 2.71. The molecule has 2 aromatic rings. The molecular formula is C27H32N2O2. The van der Waals surface area contributed by atoms with Gasteiger partial charge in [0.2, 0.25) is 5.91 Å². The Hall–Kier alpha value is -2.62. The number of ether oxygens (including phenoxy) is 1. The summed E-state index contributed by atoms with van der Waals surface area (Å²) in [6.45, 7) is 5.25. The molecule has 4 nitrogen and oxygen atoms in total. The Balaban J connectivity index is 1.26. The van der Waals surface area contributed by atoms with Gasteiger partial charge in [0.05, 0.1) is 11.6 Å². The number of amides is 1. The topological polar surface area (TPSA) is 50.7 Å². The van der Waals surface area contributed by atoms with E-state index >= 15 is 0 Å². The van der Waals surface area contributed by atoms with Crippen LogP contribution in [-0.4, -0.2) is 12.1 Å². The van der Waals surface area contributed by atoms with E-state index < -0.39 is 0 Å². The van der Waals surface area contributed by atoms with Crippen molar-refractivity contribution in [1.82, 2.24) is 5.43 Å². The molecule has 0 heterocycles. The van der Waals surface area contributed by atoms with Crippen LogP contribution in [0.15, 0.2) is 59.7 Å². The zero-order valence-corrected chi connectivity index (χ0v) is 18.6. The van der Waals surface area contributed by atoms with Crippen LogP contribution in [0.2, 0.25) is 0 Å². The van der Waals surface area contributed by atoms with Gasteiger partial charge in [-0.15, -0.1) is 0 Å². The Morgan fingerprint density at radius 3 is 2.39 bits per heavy atom. The third kappa shape index (κ3) is 4.00. The van der Waals surface area contributed by atoms with Crippen molar-refractivity contribution in [3.05, 3.63) is 65.7 Å². The van der Waals surface area contributed by atoms with Gasteiger partial charge in [-0.1, -0.05) is 56.3 Å². The first kappa shape index (κ1) is 20.3. The molecule has 4 fully saturated rings. The Labute approximate surface area is 185 Å². The van der Waals surface area contributed by atoms with Gasteiger partial charge < -0.3 is 4.74 Å². The summed E-state index contributed by atoms with van der Waals surface area (Å²) in [7, 11) is 0. The number of hydrogen-bond donors (Lipinski definition) is 1. The zero-order chi connectivity index (χ0) is 21.5. The Morgan fingerprint density at radius 2 is 1.68 bits per heavy atom. The molecule has 4 aliphatic carbocycles. The molecular weight excluding hydrogens is 384 g/mol. The highest BCUT2D eigenvalue weighted by Crippen LogP contribution is 2.69. The number of para-hydroxylation sites is 1. The number of nitrogens with zero attached hydrogens (tertiary/aromatic N) is 1. The van der Waals surface area contributed by atoms with Crippen LogP contribution >= 0.6 is 0 Å². The molecule has 2 atom stereocenters. The second kappa shape index (κ2) is 7.51. The monoisotopic (exact) mass is 416 g/mol. The van der Waals surface area contributed by atoms with Crippen molar-refractivity contribution >= 4 is 12.1 Å². The first-order valence-electron chi connectivity index (χ1n) is 11.5. The van der Waals surface area contributed by atoms with E-state index in [0.29, 0.717) is 23.4 Å². The van der Waals surface area contributed by atoms with Gasteiger partial charge in [-0.25, -0.2) is 5.43 Å². The molecule has 0 aromatic heterocycles. The normalized spacial score (nSPS) is 33.5. The van der Waals surface area contributed by atoms with Crippen LogP contribution in [0.25, 0.3) is 0 Å². The lowest BCUT2D eigenvalue weighted by molar-refractivity contribution is -0.170. The second-order valence-corrected chi connectivity index (χ2v) is 10.9. The van der Waals surface area contributed by atoms with E-state index in [0.717, 1.165) is 36.1 Å². The Morgan fingerprint density at radius 1 is 1.00 bits per heavy atom. The zero-order valence-electron chi connectivity index (χ0n) is 18.6. The van der Waals surface area contributed by atoms with Gasteiger partial charge >= 0.3 is 0 Å². The summed E-state index contributed by atoms with van der Waals surface area (Å²) in [5.41, 5.74) is 5.31. The first-order chi connectivity index (χ1) is 14.9. The van der Waals surface area contributed by atoms with E-state index in [9.17, 15) is 4.79 Å². The third-order valence-electron chi connectivity index (χ3n) is 7.67. The number of rotatable bonds is 6. The van der Waals surface area contributed by atoms with Crippen molar-refractivity contribution < 1.29 is 9.53 Å². The maximum atomic E-state index is 13.3. The van der Waals surface area contributed by atoms with Gasteiger partial charge in [0, 0.05) is 5.56 Å². The van der Waals surface area contributed by atoms with Crippen molar-refractivity contribution in [2.24, 2.45) is 27.3 Å². The lowest BCUT2D eigenvalue weighted by Crippen LogP contribution is -2.59. The van der Waals surface area contributed by atoms with Gasteiger partial charge in [-0.2, -0.15) is 5.10 Å². The van der Waals surface area contributed by atoms with Crippen molar-refractivity contribution in [1.29, 1.82) is 0 Å². The molecule has 0 radical (unpaired) electrons. The number of hydrogen-bond acceptors (Lipinski definition) is 3. The maximum Gasteiger partial charge on any atom is 0.246 e. The lowest BCUT2D eigenvalue weighted by atomic mass is 9.40. The smallest absolute Gasteiger partial charge is 0.246 e. The highest BCUT2D eigenvalue weighted by atomic mass is 16.5. The molecule has 162 valence electrons. The molecule has 0 saturated heterocycles. The number of carbonyl (C=O) groups excluding carboxylic acids is 1. The number of carbonyl (C=O) groups is 1. The molecule has 4 saturated carbocycles. The molecule has 6 rings (SSSR count). The summed E-state index contributed by atoms with van der Waals surface area (Å²) in [5, 5.41) is 4.38. The first-order valence-corrected chi connectivity index (χ1v) is 11.5. The summed E-state index contributed by atoms with van der Waals surface area (Å²) in [5.74, 6) is 1.64. The van der Waals surface area contributed by atoms with Gasteiger partial charge in [-0.3, -0.25) is 4.79 Å². The summed E-state index contributed by atoms with van der Waals surface area (Å²) in [4.78, 5) is 13.3. The van der Waals surface area contributed by atoms with E-state index in [2.05, 4.69) is 24.4 Å². The Kier molecular flexibility index (Phi) is 4.91. The van der Waals surface area contributed by atoms with Crippen LogP contribution < -0.4 is 10.2 Å². The van der Waals surface area contributed by atoms with Crippen LogP contribution in [0, 0.1) is 22.2 Å². The largest absolute Gasteiger partial charge is 0.489 e. The van der Waals surface area contributed by atoms with Crippen LogP contribution in [0.5, 0.6) is 5.75 Å². The molecule has 4 bridgehead atoms. The van der Waals surface area contributed by atoms with Crippen molar-refractivity contribution in [2.45, 2.75) is 59.0 Å². The lowest BCUT2D eigenvalue weighted by Gasteiger charge is -2.64. The molecule has 2 unspecified atom stereocenters. The highest BCUT2D eigenvalue weighted by Gasteiger charge is 2.62. The molecule has 4 aliphatic rings. The standard InChI is InChI=1S/C27H32N2O2/c1-25-12-20-13-26(2,17-25)19-27(14-20,18-25)24(30)29-28-15-21-8-6-7-9-22(21)16-31-23-10-4-3-5-11-23/h3-11,15,20H,12-14,16-19H2,1-2H3,(H,29,30)/b28-15+. The van der Waals surface area contributed by atoms with Crippen molar-refractivity contribution in [3.63, 3.8) is 0 Å². The number of hydrazone groups is 1. The molecule has 1 amide bonds. The minimum absolute atomic E-state index is 0.114. The predicted molar refractivity (Wildman–Crippen MR) is 123 cm³/mol. The quantitative estimate of drug-likeness (QED) is 0.484. The average molecular weight is 417 g/mol. The van der Waals surface area contributed by atoms with E-state index in [4.69, 9.17) is 4.74 Å². The van der Waals surface area contributed by atoms with Gasteiger partial charge in [0.1, 0.15) is 12.4 Å². The van der Waals surface area contributed by atoms with E-state index in [1.807, 2.05) is 54.6 Å². The highest BCUT2D eigenvalue weighted by molar-refractivity contribution is 5.86. The molecule has 0 aliphatic heterocycles. The summed E-state index contributed by atoms with van der Waals surface area (Å²) in [6, 6.07) is 17.8. The molecule has 1 N–H and O–H groups in total. The van der Waals surface area contributed by atoms with E-state index in [-0.39, 0.29) is 11.3 Å². The fraction of sp³-hybridized carbons (Fsp3) is 0.481. The fourth-order valence-corrected chi connectivity index (χ4v) is 7.45. The van der Waals surface area contributed by atoms with Gasteiger partial charge in [-0.05, 0) is 73.0 Å². The third-order valence-corrected chi connectivity index (χ3v) is 7.67. The fourth-order valence-electron chi connectivity index (χ4n) is 7.45. The van der Waals surface area contributed by atoms with Crippen molar-refractivity contribution in [2.75, 3.05) is 0 Å². The number of nitrogens with one attached hydrogen (secondary N) is 1. The SMILES string of the molecule is CC12CC3CC(C)(C1)CC(C(=O)N/N=C/c1ccccc1COc1ccccc1)(C3)C2. The van der Waals surface area contributed by atoms with E-state index in [1.54, 1.807) is 6.21 Å². The molecule has 0 spiro atoms. The minimum atomic E-state index is -0.240. The second-order valence-electron chi connectivity index (χ2n) is 10.9. The van der Waals surface area contributed by atoms with Crippen LogP contribution in [-0.2, 0) is 11.4 Å². The summed E-state index contributed by atoms with van der Waals surface area (Å²) >= 11 is 0. The molecule has 4 heteroatoms.